The summed E-state index contributed by atoms with van der Waals surface area (Å²) in [5.74, 6) is 0. The Kier molecular flexibility index (Phi) is 3.94. The van der Waals surface area contributed by atoms with Crippen LogP contribution in [0.2, 0.25) is 5.02 Å². The first-order valence-corrected chi connectivity index (χ1v) is 6.15. The molecule has 4 heteroatoms. The maximum Gasteiger partial charge on any atom is 0.100 e. The van der Waals surface area contributed by atoms with E-state index in [1.54, 1.807) is 18.6 Å². The predicted octanol–water partition coefficient (Wildman–Crippen LogP) is 3.02. The van der Waals surface area contributed by atoms with Crippen LogP contribution in [-0.4, -0.2) is 15.1 Å². The van der Waals surface area contributed by atoms with E-state index in [1.165, 1.54) is 0 Å². The number of aliphatic hydroxyl groups is 1. The molecule has 0 bridgehead atoms. The molecule has 0 amide bonds. The van der Waals surface area contributed by atoms with E-state index in [0.717, 1.165) is 16.7 Å². The summed E-state index contributed by atoms with van der Waals surface area (Å²) in [5.41, 5.74) is 3.66. The molecule has 2 heterocycles. The molecule has 1 unspecified atom stereocenters. The fraction of sp³-hybridized carbons (Fsp3) is 0.286. The lowest BCUT2D eigenvalue weighted by Gasteiger charge is -2.13. The third-order valence-electron chi connectivity index (χ3n) is 2.84. The number of hydrogen-bond donors (Lipinski definition) is 1. The molecule has 2 aromatic rings. The van der Waals surface area contributed by atoms with Crippen LogP contribution in [0.15, 0.2) is 30.7 Å². The maximum atomic E-state index is 10.2. The molecule has 2 aromatic heterocycles. The standard InChI is InChI=1S/C14H15ClN2O/c1-9-5-10(2)14(17-7-9)13(18)6-11-3-4-16-8-12(11)15/h3-5,7-8,13,18H,6H2,1-2H3. The van der Waals surface area contributed by atoms with Crippen molar-refractivity contribution in [3.63, 3.8) is 0 Å². The van der Waals surface area contributed by atoms with Gasteiger partial charge in [-0.25, -0.2) is 0 Å². The zero-order chi connectivity index (χ0) is 13.1. The molecule has 0 aromatic carbocycles. The topological polar surface area (TPSA) is 46.0 Å². The number of hydrogen-bond acceptors (Lipinski definition) is 3. The number of halogens is 1. The summed E-state index contributed by atoms with van der Waals surface area (Å²) in [6.07, 6.45) is 4.81. The van der Waals surface area contributed by atoms with Crippen LogP contribution in [0.5, 0.6) is 0 Å². The monoisotopic (exact) mass is 262 g/mol. The van der Waals surface area contributed by atoms with Gasteiger partial charge in [-0.2, -0.15) is 0 Å². The number of pyridine rings is 2. The molecule has 18 heavy (non-hydrogen) atoms. The summed E-state index contributed by atoms with van der Waals surface area (Å²) in [7, 11) is 0. The van der Waals surface area contributed by atoms with Gasteiger partial charge in [0, 0.05) is 25.0 Å². The summed E-state index contributed by atoms with van der Waals surface area (Å²) in [6, 6.07) is 3.83. The Labute approximate surface area is 111 Å². The summed E-state index contributed by atoms with van der Waals surface area (Å²) < 4.78 is 0. The Balaban J connectivity index is 2.22. The van der Waals surface area contributed by atoms with E-state index in [0.29, 0.717) is 17.1 Å². The number of aryl methyl sites for hydroxylation is 2. The first-order chi connectivity index (χ1) is 8.58. The van der Waals surface area contributed by atoms with Gasteiger partial charge < -0.3 is 5.11 Å². The molecule has 0 spiro atoms. The molecule has 0 fully saturated rings. The van der Waals surface area contributed by atoms with Gasteiger partial charge in [-0.05, 0) is 36.6 Å². The lowest BCUT2D eigenvalue weighted by molar-refractivity contribution is 0.173. The van der Waals surface area contributed by atoms with E-state index in [4.69, 9.17) is 11.6 Å². The zero-order valence-corrected chi connectivity index (χ0v) is 11.1. The van der Waals surface area contributed by atoms with E-state index in [2.05, 4.69) is 9.97 Å². The summed E-state index contributed by atoms with van der Waals surface area (Å²) >= 11 is 6.03. The normalized spacial score (nSPS) is 12.4. The van der Waals surface area contributed by atoms with Gasteiger partial charge in [0.2, 0.25) is 0 Å². The molecular weight excluding hydrogens is 248 g/mol. The van der Waals surface area contributed by atoms with Crippen molar-refractivity contribution >= 4 is 11.6 Å². The smallest absolute Gasteiger partial charge is 0.100 e. The highest BCUT2D eigenvalue weighted by Gasteiger charge is 2.14. The van der Waals surface area contributed by atoms with Crippen molar-refractivity contribution in [2.75, 3.05) is 0 Å². The fourth-order valence-electron chi connectivity index (χ4n) is 1.95. The van der Waals surface area contributed by atoms with E-state index in [9.17, 15) is 5.11 Å². The van der Waals surface area contributed by atoms with Crippen LogP contribution >= 0.6 is 11.6 Å². The van der Waals surface area contributed by atoms with Crippen LogP contribution in [-0.2, 0) is 6.42 Å². The summed E-state index contributed by atoms with van der Waals surface area (Å²) in [6.45, 7) is 3.93. The van der Waals surface area contributed by atoms with Gasteiger partial charge in [-0.1, -0.05) is 17.7 Å². The molecule has 0 aliphatic rings. The van der Waals surface area contributed by atoms with Crippen molar-refractivity contribution < 1.29 is 5.11 Å². The fourth-order valence-corrected chi connectivity index (χ4v) is 2.15. The van der Waals surface area contributed by atoms with Crippen molar-refractivity contribution in [1.29, 1.82) is 0 Å². The molecular formula is C14H15ClN2O. The second-order valence-corrected chi connectivity index (χ2v) is 4.81. The van der Waals surface area contributed by atoms with Gasteiger partial charge >= 0.3 is 0 Å². The number of rotatable bonds is 3. The Morgan fingerprint density at radius 1 is 1.33 bits per heavy atom. The van der Waals surface area contributed by atoms with E-state index >= 15 is 0 Å². The lowest BCUT2D eigenvalue weighted by atomic mass is 10.0. The lowest BCUT2D eigenvalue weighted by Crippen LogP contribution is -2.07. The maximum absolute atomic E-state index is 10.2. The van der Waals surface area contributed by atoms with Crippen molar-refractivity contribution in [3.8, 4) is 0 Å². The van der Waals surface area contributed by atoms with Crippen molar-refractivity contribution in [1.82, 2.24) is 9.97 Å². The Morgan fingerprint density at radius 3 is 2.78 bits per heavy atom. The zero-order valence-electron chi connectivity index (χ0n) is 10.4. The van der Waals surface area contributed by atoms with Gasteiger partial charge in [-0.3, -0.25) is 9.97 Å². The molecule has 3 nitrogen and oxygen atoms in total. The van der Waals surface area contributed by atoms with E-state index in [1.807, 2.05) is 26.0 Å². The highest BCUT2D eigenvalue weighted by atomic mass is 35.5. The molecule has 0 saturated heterocycles. The van der Waals surface area contributed by atoms with Gasteiger partial charge in [0.05, 0.1) is 10.7 Å². The van der Waals surface area contributed by atoms with Crippen LogP contribution in [0.4, 0.5) is 0 Å². The summed E-state index contributed by atoms with van der Waals surface area (Å²) in [4.78, 5) is 8.22. The minimum absolute atomic E-state index is 0.443. The Bertz CT molecular complexity index is 557. The number of nitrogens with zero attached hydrogens (tertiary/aromatic N) is 2. The third-order valence-corrected chi connectivity index (χ3v) is 3.18. The molecule has 2 rings (SSSR count). The van der Waals surface area contributed by atoms with Gasteiger partial charge in [0.1, 0.15) is 6.10 Å². The number of aromatic nitrogens is 2. The first-order valence-electron chi connectivity index (χ1n) is 5.77. The minimum atomic E-state index is -0.648. The van der Waals surface area contributed by atoms with E-state index in [-0.39, 0.29) is 0 Å². The largest absolute Gasteiger partial charge is 0.386 e. The van der Waals surface area contributed by atoms with Gasteiger partial charge in [0.25, 0.3) is 0 Å². The Hall–Kier alpha value is -1.45. The highest BCUT2D eigenvalue weighted by molar-refractivity contribution is 6.31. The van der Waals surface area contributed by atoms with Crippen LogP contribution in [0, 0.1) is 13.8 Å². The first kappa shape index (κ1) is 13.0. The molecule has 0 aliphatic heterocycles. The molecule has 0 radical (unpaired) electrons. The van der Waals surface area contributed by atoms with Crippen molar-refractivity contribution in [3.05, 3.63) is 58.1 Å². The van der Waals surface area contributed by atoms with Gasteiger partial charge in [-0.15, -0.1) is 0 Å². The molecule has 1 N–H and O–H groups in total. The van der Waals surface area contributed by atoms with Crippen LogP contribution in [0.1, 0.15) is 28.5 Å². The Morgan fingerprint density at radius 2 is 2.11 bits per heavy atom. The second kappa shape index (κ2) is 5.46. The average molecular weight is 263 g/mol. The van der Waals surface area contributed by atoms with Crippen LogP contribution < -0.4 is 0 Å². The highest BCUT2D eigenvalue weighted by Crippen LogP contribution is 2.23. The van der Waals surface area contributed by atoms with Crippen molar-refractivity contribution in [2.24, 2.45) is 0 Å². The summed E-state index contributed by atoms with van der Waals surface area (Å²) in [5, 5.41) is 10.8. The molecule has 0 aliphatic carbocycles. The average Bonchev–Trinajstić information content (AvgIpc) is 2.32. The van der Waals surface area contributed by atoms with Crippen molar-refractivity contribution in [2.45, 2.75) is 26.4 Å². The predicted molar refractivity (Wildman–Crippen MR) is 71.6 cm³/mol. The van der Waals surface area contributed by atoms with Crippen LogP contribution in [0.3, 0.4) is 0 Å². The second-order valence-electron chi connectivity index (χ2n) is 4.40. The minimum Gasteiger partial charge on any atom is -0.386 e. The number of aliphatic hydroxyl groups excluding tert-OH is 1. The third kappa shape index (κ3) is 2.86. The van der Waals surface area contributed by atoms with Crippen LogP contribution in [0.25, 0.3) is 0 Å². The molecule has 0 saturated carbocycles. The quantitative estimate of drug-likeness (QED) is 0.925. The molecule has 94 valence electrons. The molecule has 1 atom stereocenters. The SMILES string of the molecule is Cc1cnc(C(O)Cc2ccncc2Cl)c(C)c1. The van der Waals surface area contributed by atoms with E-state index < -0.39 is 6.10 Å². The van der Waals surface area contributed by atoms with Gasteiger partial charge in [0.15, 0.2) is 0 Å².